The molecule has 2 saturated heterocycles. The zero-order chi connectivity index (χ0) is 19.3. The highest BCUT2D eigenvalue weighted by Crippen LogP contribution is 2.30. The maximum Gasteiger partial charge on any atom is 0.321 e. The molecule has 0 saturated carbocycles. The molecule has 2 aromatic rings. The second-order valence-corrected chi connectivity index (χ2v) is 7.57. The van der Waals surface area contributed by atoms with Crippen molar-refractivity contribution in [3.63, 3.8) is 0 Å². The molecule has 2 amide bonds. The topological polar surface area (TPSA) is 56.8 Å². The van der Waals surface area contributed by atoms with E-state index in [-0.39, 0.29) is 12.1 Å². The first-order valence-electron chi connectivity index (χ1n) is 9.69. The van der Waals surface area contributed by atoms with E-state index in [1.807, 2.05) is 53.4 Å². The number of hydrogen-bond acceptors (Lipinski definition) is 4. The fraction of sp³-hybridized carbons (Fsp3) is 0.381. The van der Waals surface area contributed by atoms with E-state index < -0.39 is 0 Å². The number of nitrogens with zero attached hydrogens (tertiary/aromatic N) is 2. The predicted octanol–water partition coefficient (Wildman–Crippen LogP) is 3.89. The van der Waals surface area contributed by atoms with Crippen molar-refractivity contribution in [3.05, 3.63) is 53.6 Å². The molecule has 2 aromatic carbocycles. The number of carbonyl (C=O) groups is 1. The Hall–Kier alpha value is -2.44. The smallest absolute Gasteiger partial charge is 0.321 e. The van der Waals surface area contributed by atoms with Crippen LogP contribution in [0.1, 0.15) is 6.42 Å². The average molecular weight is 401 g/mol. The summed E-state index contributed by atoms with van der Waals surface area (Å²) in [6.07, 6.45) is 0.925. The van der Waals surface area contributed by atoms with Crippen molar-refractivity contribution in [2.75, 3.05) is 54.9 Å². The van der Waals surface area contributed by atoms with E-state index in [9.17, 15) is 4.79 Å². The SMILES string of the molecule is O=C(Nc1cc(Cl)ccc1N1CCOCC1)N1CC[C@@H](Nc2ccccc2)C1. The van der Waals surface area contributed by atoms with Crippen LogP contribution in [-0.2, 0) is 4.74 Å². The van der Waals surface area contributed by atoms with Crippen LogP contribution in [0.4, 0.5) is 21.9 Å². The maximum absolute atomic E-state index is 12.9. The molecule has 2 fully saturated rings. The molecule has 0 aromatic heterocycles. The number of para-hydroxylation sites is 1. The van der Waals surface area contributed by atoms with Crippen LogP contribution in [0.5, 0.6) is 0 Å². The lowest BCUT2D eigenvalue weighted by Gasteiger charge is -2.31. The quantitative estimate of drug-likeness (QED) is 0.817. The predicted molar refractivity (Wildman–Crippen MR) is 114 cm³/mol. The number of rotatable bonds is 4. The molecule has 0 bridgehead atoms. The number of halogens is 1. The molecule has 2 aliphatic heterocycles. The Morgan fingerprint density at radius 3 is 2.64 bits per heavy atom. The van der Waals surface area contributed by atoms with Crippen LogP contribution < -0.4 is 15.5 Å². The van der Waals surface area contributed by atoms with Gasteiger partial charge in [-0.3, -0.25) is 0 Å². The molecule has 2 N–H and O–H groups in total. The molecular formula is C21H25ClN4O2. The van der Waals surface area contributed by atoms with Crippen molar-refractivity contribution < 1.29 is 9.53 Å². The molecule has 148 valence electrons. The normalized spacial score (nSPS) is 19.5. The second-order valence-electron chi connectivity index (χ2n) is 7.13. The fourth-order valence-electron chi connectivity index (χ4n) is 3.72. The van der Waals surface area contributed by atoms with Gasteiger partial charge in [-0.2, -0.15) is 0 Å². The summed E-state index contributed by atoms with van der Waals surface area (Å²) in [6, 6.07) is 15.9. The zero-order valence-electron chi connectivity index (χ0n) is 15.7. The van der Waals surface area contributed by atoms with E-state index in [0.29, 0.717) is 24.8 Å². The van der Waals surface area contributed by atoms with Crippen molar-refractivity contribution in [3.8, 4) is 0 Å². The first-order chi connectivity index (χ1) is 13.7. The molecule has 6 nitrogen and oxygen atoms in total. The summed E-state index contributed by atoms with van der Waals surface area (Å²) in [4.78, 5) is 16.9. The van der Waals surface area contributed by atoms with E-state index in [0.717, 1.165) is 43.1 Å². The summed E-state index contributed by atoms with van der Waals surface area (Å²) in [6.45, 7) is 4.39. The summed E-state index contributed by atoms with van der Waals surface area (Å²) in [5.41, 5.74) is 2.82. The number of likely N-dealkylation sites (tertiary alicyclic amines) is 1. The zero-order valence-corrected chi connectivity index (χ0v) is 16.5. The molecule has 4 rings (SSSR count). The lowest BCUT2D eigenvalue weighted by Crippen LogP contribution is -2.38. The number of amides is 2. The Kier molecular flexibility index (Phi) is 5.88. The Bertz CT molecular complexity index is 811. The van der Waals surface area contributed by atoms with Gasteiger partial charge in [0.1, 0.15) is 0 Å². The number of benzene rings is 2. The highest BCUT2D eigenvalue weighted by atomic mass is 35.5. The molecule has 7 heteroatoms. The number of urea groups is 1. The van der Waals surface area contributed by atoms with Gasteiger partial charge in [0.25, 0.3) is 0 Å². The molecule has 1 atom stereocenters. The Labute approximate surface area is 170 Å². The summed E-state index contributed by atoms with van der Waals surface area (Å²) < 4.78 is 5.44. The largest absolute Gasteiger partial charge is 0.380 e. The van der Waals surface area contributed by atoms with Gasteiger partial charge in [-0.25, -0.2) is 4.79 Å². The number of carbonyl (C=O) groups excluding carboxylic acids is 1. The van der Waals surface area contributed by atoms with Crippen LogP contribution in [0.15, 0.2) is 48.5 Å². The van der Waals surface area contributed by atoms with Crippen molar-refractivity contribution in [1.29, 1.82) is 0 Å². The minimum atomic E-state index is -0.0888. The Morgan fingerprint density at radius 2 is 1.86 bits per heavy atom. The first kappa shape index (κ1) is 18.9. The maximum atomic E-state index is 12.9. The number of anilines is 3. The lowest BCUT2D eigenvalue weighted by molar-refractivity contribution is 0.123. The molecule has 2 aliphatic rings. The third kappa shape index (κ3) is 4.51. The van der Waals surface area contributed by atoms with Crippen LogP contribution in [0.2, 0.25) is 5.02 Å². The molecule has 0 unspecified atom stereocenters. The number of nitrogens with one attached hydrogen (secondary N) is 2. The molecular weight excluding hydrogens is 376 g/mol. The van der Waals surface area contributed by atoms with Gasteiger partial charge in [0.15, 0.2) is 0 Å². The third-order valence-electron chi connectivity index (χ3n) is 5.17. The third-order valence-corrected chi connectivity index (χ3v) is 5.41. The molecule has 0 spiro atoms. The highest BCUT2D eigenvalue weighted by molar-refractivity contribution is 6.31. The Morgan fingerprint density at radius 1 is 1.07 bits per heavy atom. The van der Waals surface area contributed by atoms with E-state index in [2.05, 4.69) is 15.5 Å². The van der Waals surface area contributed by atoms with Crippen molar-refractivity contribution in [2.45, 2.75) is 12.5 Å². The molecule has 0 radical (unpaired) electrons. The highest BCUT2D eigenvalue weighted by Gasteiger charge is 2.27. The van der Waals surface area contributed by atoms with Crippen LogP contribution in [0.3, 0.4) is 0 Å². The standard InChI is InChI=1S/C21H25ClN4O2/c22-16-6-7-20(25-10-12-28-13-11-25)19(14-16)24-21(27)26-9-8-18(15-26)23-17-4-2-1-3-5-17/h1-7,14,18,23H,8-13,15H2,(H,24,27)/t18-/m1/s1. The first-order valence-corrected chi connectivity index (χ1v) is 10.1. The van der Waals surface area contributed by atoms with Gasteiger partial charge < -0.3 is 25.2 Å². The van der Waals surface area contributed by atoms with Crippen LogP contribution in [0.25, 0.3) is 0 Å². The molecule has 28 heavy (non-hydrogen) atoms. The van der Waals surface area contributed by atoms with Gasteiger partial charge in [0, 0.05) is 42.9 Å². The molecule has 0 aliphatic carbocycles. The van der Waals surface area contributed by atoms with Gasteiger partial charge in [-0.15, -0.1) is 0 Å². The minimum Gasteiger partial charge on any atom is -0.380 e. The minimum absolute atomic E-state index is 0.0888. The summed E-state index contributed by atoms with van der Waals surface area (Å²) >= 11 is 6.19. The monoisotopic (exact) mass is 400 g/mol. The number of morpholine rings is 1. The van der Waals surface area contributed by atoms with E-state index in [4.69, 9.17) is 16.3 Å². The lowest BCUT2D eigenvalue weighted by atomic mass is 10.2. The van der Waals surface area contributed by atoms with E-state index in [1.54, 1.807) is 0 Å². The average Bonchev–Trinajstić information content (AvgIpc) is 3.18. The van der Waals surface area contributed by atoms with Crippen LogP contribution in [0, 0.1) is 0 Å². The van der Waals surface area contributed by atoms with Crippen LogP contribution in [-0.4, -0.2) is 56.4 Å². The van der Waals surface area contributed by atoms with Gasteiger partial charge in [0.2, 0.25) is 0 Å². The fourth-order valence-corrected chi connectivity index (χ4v) is 3.89. The van der Waals surface area contributed by atoms with Gasteiger partial charge in [-0.05, 0) is 36.8 Å². The van der Waals surface area contributed by atoms with Crippen molar-refractivity contribution >= 4 is 34.7 Å². The Balaban J connectivity index is 1.40. The van der Waals surface area contributed by atoms with Crippen molar-refractivity contribution in [2.24, 2.45) is 0 Å². The van der Waals surface area contributed by atoms with Gasteiger partial charge >= 0.3 is 6.03 Å². The van der Waals surface area contributed by atoms with Gasteiger partial charge in [-0.1, -0.05) is 29.8 Å². The number of hydrogen-bond donors (Lipinski definition) is 2. The second kappa shape index (κ2) is 8.71. The number of ether oxygens (including phenoxy) is 1. The van der Waals surface area contributed by atoms with Gasteiger partial charge in [0.05, 0.1) is 24.6 Å². The van der Waals surface area contributed by atoms with E-state index in [1.165, 1.54) is 0 Å². The molecule has 2 heterocycles. The summed E-state index contributed by atoms with van der Waals surface area (Å²) in [7, 11) is 0. The summed E-state index contributed by atoms with van der Waals surface area (Å²) in [5, 5.41) is 7.17. The van der Waals surface area contributed by atoms with E-state index >= 15 is 0 Å². The van der Waals surface area contributed by atoms with Crippen LogP contribution >= 0.6 is 11.6 Å². The summed E-state index contributed by atoms with van der Waals surface area (Å²) in [5.74, 6) is 0. The van der Waals surface area contributed by atoms with Crippen molar-refractivity contribution in [1.82, 2.24) is 4.90 Å².